The van der Waals surface area contributed by atoms with Gasteiger partial charge in [0.2, 0.25) is 0 Å². The largest absolute Gasteiger partial charge is 0.497 e. The fraction of sp³-hybridized carbons (Fsp3) is 0.167. The minimum atomic E-state index is -0.403. The Hall–Kier alpha value is -3.58. The number of imide groups is 1. The van der Waals surface area contributed by atoms with Crippen molar-refractivity contribution in [3.63, 3.8) is 0 Å². The highest BCUT2D eigenvalue weighted by Gasteiger charge is 2.41. The minimum Gasteiger partial charge on any atom is -0.497 e. The summed E-state index contributed by atoms with van der Waals surface area (Å²) in [5.74, 6) is 0.375. The van der Waals surface area contributed by atoms with Crippen LogP contribution in [0, 0.1) is 13.8 Å². The van der Waals surface area contributed by atoms with Crippen molar-refractivity contribution >= 4 is 40.1 Å². The van der Waals surface area contributed by atoms with Gasteiger partial charge in [0.15, 0.2) is 0 Å². The van der Waals surface area contributed by atoms with E-state index >= 15 is 0 Å². The van der Waals surface area contributed by atoms with E-state index in [2.05, 4.69) is 5.32 Å². The van der Waals surface area contributed by atoms with Gasteiger partial charge in [-0.05, 0) is 54.6 Å². The van der Waals surface area contributed by atoms with Crippen molar-refractivity contribution in [3.05, 3.63) is 75.6 Å². The number of methoxy groups -OCH3 is 2. The molecule has 2 aromatic carbocycles. The minimum absolute atomic E-state index is 0.219. The zero-order valence-electron chi connectivity index (χ0n) is 17.7. The van der Waals surface area contributed by atoms with E-state index in [1.165, 1.54) is 16.2 Å². The van der Waals surface area contributed by atoms with E-state index < -0.39 is 5.91 Å². The molecule has 31 heavy (non-hydrogen) atoms. The molecular formula is C24H22N2O4S. The molecule has 0 spiro atoms. The van der Waals surface area contributed by atoms with E-state index in [4.69, 9.17) is 9.47 Å². The molecule has 0 atom stereocenters. The van der Waals surface area contributed by atoms with Crippen LogP contribution in [-0.4, -0.2) is 26.0 Å². The molecule has 2 amide bonds. The van der Waals surface area contributed by atoms with Crippen LogP contribution >= 0.6 is 11.3 Å². The second-order valence-corrected chi connectivity index (χ2v) is 8.10. The molecule has 0 aliphatic carbocycles. The van der Waals surface area contributed by atoms with Gasteiger partial charge in [0.1, 0.15) is 17.2 Å². The zero-order valence-corrected chi connectivity index (χ0v) is 18.5. The van der Waals surface area contributed by atoms with Gasteiger partial charge in [0.25, 0.3) is 11.8 Å². The Morgan fingerprint density at radius 3 is 2.42 bits per heavy atom. The number of carbonyl (C=O) groups is 2. The van der Waals surface area contributed by atoms with E-state index in [0.29, 0.717) is 28.4 Å². The molecule has 0 unspecified atom stereocenters. The summed E-state index contributed by atoms with van der Waals surface area (Å²) in [6.45, 7) is 3.82. The average Bonchev–Trinajstić information content (AvgIpc) is 3.37. The van der Waals surface area contributed by atoms with Gasteiger partial charge in [-0.25, -0.2) is 4.90 Å². The third kappa shape index (κ3) is 3.68. The Bertz CT molecular complexity index is 1200. The monoisotopic (exact) mass is 434 g/mol. The summed E-state index contributed by atoms with van der Waals surface area (Å²) >= 11 is 1.41. The normalized spacial score (nSPS) is 13.7. The van der Waals surface area contributed by atoms with Crippen LogP contribution in [0.2, 0.25) is 0 Å². The van der Waals surface area contributed by atoms with Crippen LogP contribution in [-0.2, 0) is 9.59 Å². The number of benzene rings is 2. The van der Waals surface area contributed by atoms with Crippen molar-refractivity contribution in [2.75, 3.05) is 24.4 Å². The first-order valence-electron chi connectivity index (χ1n) is 9.68. The van der Waals surface area contributed by atoms with Crippen LogP contribution < -0.4 is 19.7 Å². The molecule has 3 aromatic rings. The Labute approximate surface area is 184 Å². The molecular weight excluding hydrogens is 412 g/mol. The van der Waals surface area contributed by atoms with Gasteiger partial charge in [0, 0.05) is 10.9 Å². The Morgan fingerprint density at radius 2 is 1.74 bits per heavy atom. The fourth-order valence-electron chi connectivity index (χ4n) is 3.51. The number of nitrogens with zero attached hydrogens (tertiary/aromatic N) is 1. The molecule has 158 valence electrons. The van der Waals surface area contributed by atoms with Crippen molar-refractivity contribution in [2.45, 2.75) is 13.8 Å². The molecule has 1 aromatic heterocycles. The number of hydrogen-bond donors (Lipinski definition) is 1. The number of hydrogen-bond acceptors (Lipinski definition) is 6. The first-order chi connectivity index (χ1) is 14.9. The smallest absolute Gasteiger partial charge is 0.282 e. The van der Waals surface area contributed by atoms with Crippen LogP contribution in [0.1, 0.15) is 16.0 Å². The van der Waals surface area contributed by atoms with Crippen LogP contribution in [0.25, 0.3) is 5.57 Å². The summed E-state index contributed by atoms with van der Waals surface area (Å²) in [6, 6.07) is 14.7. The summed E-state index contributed by atoms with van der Waals surface area (Å²) < 4.78 is 10.7. The number of rotatable bonds is 6. The van der Waals surface area contributed by atoms with E-state index in [9.17, 15) is 9.59 Å². The topological polar surface area (TPSA) is 67.9 Å². The third-order valence-corrected chi connectivity index (χ3v) is 6.01. The number of nitrogens with one attached hydrogen (secondary N) is 1. The summed E-state index contributed by atoms with van der Waals surface area (Å²) in [7, 11) is 3.11. The van der Waals surface area contributed by atoms with Crippen molar-refractivity contribution in [1.82, 2.24) is 0 Å². The van der Waals surface area contributed by atoms with Crippen LogP contribution in [0.4, 0.5) is 11.4 Å². The first kappa shape index (κ1) is 20.7. The zero-order chi connectivity index (χ0) is 22.1. The Morgan fingerprint density at radius 1 is 0.935 bits per heavy atom. The summed E-state index contributed by atoms with van der Waals surface area (Å²) in [5, 5.41) is 5.04. The van der Waals surface area contributed by atoms with E-state index in [1.54, 1.807) is 32.4 Å². The van der Waals surface area contributed by atoms with E-state index in [-0.39, 0.29) is 11.6 Å². The molecule has 4 rings (SSSR count). The van der Waals surface area contributed by atoms with E-state index in [0.717, 1.165) is 16.0 Å². The molecule has 6 nitrogen and oxygen atoms in total. The number of aryl methyl sites for hydroxylation is 2. The van der Waals surface area contributed by atoms with Crippen molar-refractivity contribution in [3.8, 4) is 11.5 Å². The third-order valence-electron chi connectivity index (χ3n) is 5.13. The summed E-state index contributed by atoms with van der Waals surface area (Å²) in [4.78, 5) is 29.0. The van der Waals surface area contributed by atoms with Gasteiger partial charge < -0.3 is 14.8 Å². The second-order valence-electron chi connectivity index (χ2n) is 7.15. The quantitative estimate of drug-likeness (QED) is 0.566. The molecule has 0 fully saturated rings. The van der Waals surface area contributed by atoms with Crippen molar-refractivity contribution < 1.29 is 19.1 Å². The van der Waals surface area contributed by atoms with Crippen molar-refractivity contribution in [2.24, 2.45) is 0 Å². The highest BCUT2D eigenvalue weighted by molar-refractivity contribution is 7.11. The van der Waals surface area contributed by atoms with Gasteiger partial charge in [-0.15, -0.1) is 11.3 Å². The van der Waals surface area contributed by atoms with E-state index in [1.807, 2.05) is 49.6 Å². The predicted molar refractivity (Wildman–Crippen MR) is 123 cm³/mol. The lowest BCUT2D eigenvalue weighted by atomic mass is 10.1. The predicted octanol–water partition coefficient (Wildman–Crippen LogP) is 4.78. The lowest BCUT2D eigenvalue weighted by molar-refractivity contribution is -0.120. The van der Waals surface area contributed by atoms with Crippen LogP contribution in [0.5, 0.6) is 11.5 Å². The molecule has 1 N–H and O–H groups in total. The number of amides is 2. The average molecular weight is 435 g/mol. The standard InChI is InChI=1S/C24H22N2O4S/c1-14-7-8-15(2)18(12-14)26-23(27)21(20-6-5-11-31-20)22(24(26)28)25-17-10-9-16(29-3)13-19(17)30-4/h5-13,25H,1-4H3. The Kier molecular flexibility index (Phi) is 5.52. The number of ether oxygens (including phenoxy) is 2. The number of anilines is 2. The molecule has 1 aliphatic heterocycles. The van der Waals surface area contributed by atoms with Gasteiger partial charge >= 0.3 is 0 Å². The van der Waals surface area contributed by atoms with Crippen LogP contribution in [0.15, 0.2) is 59.6 Å². The molecule has 0 bridgehead atoms. The van der Waals surface area contributed by atoms with Gasteiger partial charge in [-0.2, -0.15) is 0 Å². The molecule has 2 heterocycles. The summed E-state index contributed by atoms with van der Waals surface area (Å²) in [5.41, 5.74) is 3.53. The molecule has 0 saturated heterocycles. The number of thiophene rings is 1. The fourth-order valence-corrected chi connectivity index (χ4v) is 4.28. The molecule has 1 aliphatic rings. The molecule has 0 saturated carbocycles. The molecule has 0 radical (unpaired) electrons. The maximum Gasteiger partial charge on any atom is 0.282 e. The Balaban J connectivity index is 1.83. The van der Waals surface area contributed by atoms with Gasteiger partial charge in [-0.3, -0.25) is 9.59 Å². The highest BCUT2D eigenvalue weighted by Crippen LogP contribution is 2.38. The van der Waals surface area contributed by atoms with Gasteiger partial charge in [-0.1, -0.05) is 18.2 Å². The maximum absolute atomic E-state index is 13.5. The maximum atomic E-state index is 13.5. The molecule has 7 heteroatoms. The number of carbonyl (C=O) groups excluding carboxylic acids is 2. The SMILES string of the molecule is COc1ccc(NC2=C(c3cccs3)C(=O)N(c3cc(C)ccc3C)C2=O)c(OC)c1. The first-order valence-corrected chi connectivity index (χ1v) is 10.6. The van der Waals surface area contributed by atoms with Gasteiger partial charge in [0.05, 0.1) is 31.2 Å². The van der Waals surface area contributed by atoms with Crippen molar-refractivity contribution in [1.29, 1.82) is 0 Å². The summed E-state index contributed by atoms with van der Waals surface area (Å²) in [6.07, 6.45) is 0. The lowest BCUT2D eigenvalue weighted by Crippen LogP contribution is -2.33. The lowest BCUT2D eigenvalue weighted by Gasteiger charge is -2.18. The second kappa shape index (κ2) is 8.28. The van der Waals surface area contributed by atoms with Crippen LogP contribution in [0.3, 0.4) is 0 Å². The highest BCUT2D eigenvalue weighted by atomic mass is 32.1.